The molecular formula is C25H28N4O3. The molecule has 3 N–H and O–H groups in total. The predicted molar refractivity (Wildman–Crippen MR) is 126 cm³/mol. The van der Waals surface area contributed by atoms with Crippen molar-refractivity contribution in [2.45, 2.75) is 13.5 Å². The molecule has 0 spiro atoms. The standard InChI is InChI=1S/C25H28N4O3/c1-18(12-19-2-5-21(6-3-19)25(30)28-31)15-26-23-14-22-13-20(4-7-24(22)27-16-23)17-29-8-10-32-11-9-29/h2-7,12-14,16,26,31H,8-11,15,17H2,1H3,(H,28,30). The van der Waals surface area contributed by atoms with Crippen LogP contribution in [0, 0.1) is 0 Å². The van der Waals surface area contributed by atoms with Crippen molar-refractivity contribution in [3.05, 3.63) is 77.0 Å². The Kier molecular flexibility index (Phi) is 7.11. The SMILES string of the molecule is CC(=Cc1ccc(C(=O)NO)cc1)CNc1cnc2ccc(CN3CCOCC3)cc2c1. The van der Waals surface area contributed by atoms with Crippen LogP contribution >= 0.6 is 0 Å². The molecule has 0 unspecified atom stereocenters. The summed E-state index contributed by atoms with van der Waals surface area (Å²) in [5.74, 6) is -0.518. The smallest absolute Gasteiger partial charge is 0.274 e. The molecule has 1 fully saturated rings. The number of aromatic nitrogens is 1. The zero-order valence-electron chi connectivity index (χ0n) is 18.2. The van der Waals surface area contributed by atoms with Gasteiger partial charge in [-0.25, -0.2) is 5.48 Å². The van der Waals surface area contributed by atoms with Crippen LogP contribution in [0.15, 0.2) is 60.3 Å². The number of morpholine rings is 1. The topological polar surface area (TPSA) is 86.7 Å². The molecular weight excluding hydrogens is 404 g/mol. The fourth-order valence-electron chi connectivity index (χ4n) is 3.77. The van der Waals surface area contributed by atoms with E-state index in [0.29, 0.717) is 12.1 Å². The van der Waals surface area contributed by atoms with Gasteiger partial charge in [0.1, 0.15) is 0 Å². The molecule has 1 amide bonds. The van der Waals surface area contributed by atoms with Crippen molar-refractivity contribution in [2.75, 3.05) is 38.2 Å². The Morgan fingerprint density at radius 2 is 1.94 bits per heavy atom. The van der Waals surface area contributed by atoms with Gasteiger partial charge in [-0.15, -0.1) is 0 Å². The monoisotopic (exact) mass is 432 g/mol. The summed E-state index contributed by atoms with van der Waals surface area (Å²) in [5.41, 5.74) is 7.43. The fourth-order valence-corrected chi connectivity index (χ4v) is 3.77. The van der Waals surface area contributed by atoms with Crippen molar-refractivity contribution in [2.24, 2.45) is 0 Å². The van der Waals surface area contributed by atoms with Crippen LogP contribution in [0.4, 0.5) is 5.69 Å². The number of carbonyl (C=O) groups excluding carboxylic acids is 1. The molecule has 0 aliphatic carbocycles. The third-order valence-electron chi connectivity index (χ3n) is 5.51. The Bertz CT molecular complexity index is 1110. The highest BCUT2D eigenvalue weighted by molar-refractivity contribution is 5.93. The average Bonchev–Trinajstić information content (AvgIpc) is 2.83. The lowest BCUT2D eigenvalue weighted by atomic mass is 10.1. The van der Waals surface area contributed by atoms with Crippen LogP contribution in [0.25, 0.3) is 17.0 Å². The summed E-state index contributed by atoms with van der Waals surface area (Å²) in [7, 11) is 0. The second-order valence-corrected chi connectivity index (χ2v) is 8.05. The normalized spacial score (nSPS) is 15.0. The summed E-state index contributed by atoms with van der Waals surface area (Å²) >= 11 is 0. The highest BCUT2D eigenvalue weighted by atomic mass is 16.5. The first kappa shape index (κ1) is 22.0. The van der Waals surface area contributed by atoms with Gasteiger partial charge in [0.05, 0.1) is 30.6 Å². The Balaban J connectivity index is 1.39. The lowest BCUT2D eigenvalue weighted by molar-refractivity contribution is 0.0342. The number of ether oxygens (including phenoxy) is 1. The number of hydroxylamine groups is 1. The number of carbonyl (C=O) groups is 1. The van der Waals surface area contributed by atoms with Gasteiger partial charge in [0, 0.05) is 37.1 Å². The number of benzene rings is 2. The molecule has 7 nitrogen and oxygen atoms in total. The lowest BCUT2D eigenvalue weighted by Gasteiger charge is -2.26. The number of anilines is 1. The van der Waals surface area contributed by atoms with Crippen molar-refractivity contribution in [3.63, 3.8) is 0 Å². The Morgan fingerprint density at radius 1 is 1.16 bits per heavy atom. The summed E-state index contributed by atoms with van der Waals surface area (Å²) in [6.07, 6.45) is 3.92. The first-order valence-electron chi connectivity index (χ1n) is 10.7. The molecule has 166 valence electrons. The van der Waals surface area contributed by atoms with E-state index in [0.717, 1.165) is 60.6 Å². The maximum atomic E-state index is 11.4. The zero-order valence-corrected chi connectivity index (χ0v) is 18.2. The third-order valence-corrected chi connectivity index (χ3v) is 5.51. The van der Waals surface area contributed by atoms with Crippen molar-refractivity contribution >= 4 is 28.6 Å². The van der Waals surface area contributed by atoms with E-state index >= 15 is 0 Å². The van der Waals surface area contributed by atoms with Crippen molar-refractivity contribution in [3.8, 4) is 0 Å². The van der Waals surface area contributed by atoms with E-state index in [1.807, 2.05) is 18.3 Å². The quantitative estimate of drug-likeness (QED) is 0.390. The minimum absolute atomic E-state index is 0.413. The minimum Gasteiger partial charge on any atom is -0.380 e. The summed E-state index contributed by atoms with van der Waals surface area (Å²) in [6, 6.07) is 15.7. The molecule has 2 heterocycles. The molecule has 3 aromatic rings. The van der Waals surface area contributed by atoms with E-state index in [2.05, 4.69) is 52.5 Å². The number of pyridine rings is 1. The van der Waals surface area contributed by atoms with E-state index < -0.39 is 5.91 Å². The van der Waals surface area contributed by atoms with Gasteiger partial charge in [0.25, 0.3) is 5.91 Å². The third kappa shape index (κ3) is 5.70. The van der Waals surface area contributed by atoms with Crippen molar-refractivity contribution < 1.29 is 14.7 Å². The number of fused-ring (bicyclic) bond motifs is 1. The fraction of sp³-hybridized carbons (Fsp3) is 0.280. The molecule has 4 rings (SSSR count). The predicted octanol–water partition coefficient (Wildman–Crippen LogP) is 3.70. The molecule has 1 aromatic heterocycles. The highest BCUT2D eigenvalue weighted by Crippen LogP contribution is 2.20. The summed E-state index contributed by atoms with van der Waals surface area (Å²) < 4.78 is 5.44. The summed E-state index contributed by atoms with van der Waals surface area (Å²) in [4.78, 5) is 18.4. The van der Waals surface area contributed by atoms with Gasteiger partial charge in [-0.05, 0) is 48.4 Å². The van der Waals surface area contributed by atoms with Crippen LogP contribution in [0.1, 0.15) is 28.4 Å². The van der Waals surface area contributed by atoms with Crippen LogP contribution in [0.5, 0.6) is 0 Å². The molecule has 32 heavy (non-hydrogen) atoms. The first-order chi connectivity index (χ1) is 15.6. The van der Waals surface area contributed by atoms with Crippen LogP contribution in [-0.2, 0) is 11.3 Å². The minimum atomic E-state index is -0.518. The molecule has 1 saturated heterocycles. The van der Waals surface area contributed by atoms with Gasteiger partial charge >= 0.3 is 0 Å². The van der Waals surface area contributed by atoms with E-state index in [1.165, 1.54) is 5.56 Å². The van der Waals surface area contributed by atoms with Gasteiger partial charge < -0.3 is 10.1 Å². The second-order valence-electron chi connectivity index (χ2n) is 8.05. The van der Waals surface area contributed by atoms with Gasteiger partial charge in [0.2, 0.25) is 0 Å². The molecule has 1 aliphatic heterocycles. The number of hydrogen-bond acceptors (Lipinski definition) is 6. The maximum Gasteiger partial charge on any atom is 0.274 e. The molecule has 0 radical (unpaired) electrons. The van der Waals surface area contributed by atoms with Crippen molar-refractivity contribution in [1.29, 1.82) is 0 Å². The molecule has 0 atom stereocenters. The van der Waals surface area contributed by atoms with Crippen molar-refractivity contribution in [1.82, 2.24) is 15.4 Å². The molecule has 2 aromatic carbocycles. The average molecular weight is 433 g/mol. The molecule has 7 heteroatoms. The highest BCUT2D eigenvalue weighted by Gasteiger charge is 2.11. The summed E-state index contributed by atoms with van der Waals surface area (Å²) in [5, 5.41) is 13.3. The van der Waals surface area contributed by atoms with Gasteiger partial charge in [-0.3, -0.25) is 19.9 Å². The molecule has 0 saturated carbocycles. The molecule has 0 bridgehead atoms. The van der Waals surface area contributed by atoms with E-state index in [9.17, 15) is 4.79 Å². The Hall–Kier alpha value is -3.26. The number of nitrogens with zero attached hydrogens (tertiary/aromatic N) is 2. The molecule has 1 aliphatic rings. The van der Waals surface area contributed by atoms with Gasteiger partial charge in [-0.2, -0.15) is 0 Å². The van der Waals surface area contributed by atoms with Gasteiger partial charge in [0.15, 0.2) is 0 Å². The maximum absolute atomic E-state index is 11.4. The first-order valence-corrected chi connectivity index (χ1v) is 10.7. The number of hydrogen-bond donors (Lipinski definition) is 3. The van der Waals surface area contributed by atoms with Crippen LogP contribution < -0.4 is 10.8 Å². The number of rotatable bonds is 7. The van der Waals surface area contributed by atoms with E-state index in [4.69, 9.17) is 9.94 Å². The van der Waals surface area contributed by atoms with E-state index in [-0.39, 0.29) is 0 Å². The van der Waals surface area contributed by atoms with Crippen LogP contribution in [0.2, 0.25) is 0 Å². The lowest BCUT2D eigenvalue weighted by Crippen LogP contribution is -2.35. The van der Waals surface area contributed by atoms with E-state index in [1.54, 1.807) is 17.6 Å². The summed E-state index contributed by atoms with van der Waals surface area (Å²) in [6.45, 7) is 7.21. The number of nitrogens with one attached hydrogen (secondary N) is 2. The Morgan fingerprint density at radius 3 is 2.69 bits per heavy atom. The number of amides is 1. The van der Waals surface area contributed by atoms with Gasteiger partial charge in [-0.1, -0.05) is 29.8 Å². The zero-order chi connectivity index (χ0) is 22.3. The van der Waals surface area contributed by atoms with Crippen LogP contribution in [0.3, 0.4) is 0 Å². The second kappa shape index (κ2) is 10.4. The largest absolute Gasteiger partial charge is 0.380 e. The Labute approximate surface area is 187 Å². The van der Waals surface area contributed by atoms with Crippen LogP contribution in [-0.4, -0.2) is 53.8 Å².